The van der Waals surface area contributed by atoms with Crippen molar-refractivity contribution in [1.29, 1.82) is 0 Å². The molecule has 0 amide bonds. The SMILES string of the molecule is COc1nccc(-c2c(C)cc(C)cc2OC)n1. The van der Waals surface area contributed by atoms with Gasteiger partial charge in [-0.3, -0.25) is 0 Å². The van der Waals surface area contributed by atoms with Gasteiger partial charge in [0.2, 0.25) is 0 Å². The van der Waals surface area contributed by atoms with Gasteiger partial charge < -0.3 is 9.47 Å². The van der Waals surface area contributed by atoms with Crippen molar-refractivity contribution in [1.82, 2.24) is 9.97 Å². The van der Waals surface area contributed by atoms with Gasteiger partial charge in [-0.15, -0.1) is 0 Å². The van der Waals surface area contributed by atoms with Gasteiger partial charge in [0, 0.05) is 11.8 Å². The second-order valence-electron chi connectivity index (χ2n) is 4.09. The lowest BCUT2D eigenvalue weighted by Crippen LogP contribution is -1.97. The van der Waals surface area contributed by atoms with Crippen LogP contribution in [0.3, 0.4) is 0 Å². The van der Waals surface area contributed by atoms with E-state index in [1.54, 1.807) is 20.4 Å². The van der Waals surface area contributed by atoms with Crippen molar-refractivity contribution in [3.05, 3.63) is 35.5 Å². The molecular weight excluding hydrogens is 228 g/mol. The Bertz CT molecular complexity index is 568. The van der Waals surface area contributed by atoms with Gasteiger partial charge in [-0.05, 0) is 37.1 Å². The standard InChI is InChI=1S/C14H16N2O2/c1-9-7-10(2)13(12(8-9)17-3)11-5-6-15-14(16-11)18-4/h5-8H,1-4H3. The van der Waals surface area contributed by atoms with Crippen LogP contribution in [0.25, 0.3) is 11.3 Å². The molecule has 0 fully saturated rings. The summed E-state index contributed by atoms with van der Waals surface area (Å²) in [7, 11) is 3.22. The van der Waals surface area contributed by atoms with E-state index in [0.29, 0.717) is 6.01 Å². The Balaban J connectivity index is 2.62. The summed E-state index contributed by atoms with van der Waals surface area (Å²) >= 11 is 0. The van der Waals surface area contributed by atoms with E-state index < -0.39 is 0 Å². The van der Waals surface area contributed by atoms with E-state index in [4.69, 9.17) is 9.47 Å². The molecule has 0 aliphatic heterocycles. The number of aromatic nitrogens is 2. The molecule has 4 nitrogen and oxygen atoms in total. The number of rotatable bonds is 3. The highest BCUT2D eigenvalue weighted by Gasteiger charge is 2.12. The molecule has 0 saturated heterocycles. The Morgan fingerprint density at radius 3 is 2.50 bits per heavy atom. The first-order chi connectivity index (χ1) is 8.65. The second-order valence-corrected chi connectivity index (χ2v) is 4.09. The van der Waals surface area contributed by atoms with Crippen LogP contribution in [0, 0.1) is 13.8 Å². The molecule has 4 heteroatoms. The van der Waals surface area contributed by atoms with E-state index >= 15 is 0 Å². The Kier molecular flexibility index (Phi) is 3.46. The number of benzene rings is 1. The lowest BCUT2D eigenvalue weighted by Gasteiger charge is -2.12. The van der Waals surface area contributed by atoms with Crippen molar-refractivity contribution in [3.63, 3.8) is 0 Å². The molecule has 1 heterocycles. The molecule has 94 valence electrons. The Morgan fingerprint density at radius 2 is 1.83 bits per heavy atom. The molecule has 0 unspecified atom stereocenters. The summed E-state index contributed by atoms with van der Waals surface area (Å²) in [5.74, 6) is 0.813. The van der Waals surface area contributed by atoms with E-state index in [1.165, 1.54) is 0 Å². The first-order valence-corrected chi connectivity index (χ1v) is 5.68. The van der Waals surface area contributed by atoms with E-state index in [9.17, 15) is 0 Å². The summed E-state index contributed by atoms with van der Waals surface area (Å²) in [6.07, 6.45) is 1.68. The highest BCUT2D eigenvalue weighted by atomic mass is 16.5. The van der Waals surface area contributed by atoms with E-state index in [0.717, 1.165) is 28.1 Å². The summed E-state index contributed by atoms with van der Waals surface area (Å²) in [5.41, 5.74) is 4.06. The van der Waals surface area contributed by atoms with Crippen molar-refractivity contribution < 1.29 is 9.47 Å². The molecule has 0 aliphatic carbocycles. The molecule has 0 bridgehead atoms. The van der Waals surface area contributed by atoms with Crippen molar-refractivity contribution in [2.45, 2.75) is 13.8 Å². The van der Waals surface area contributed by atoms with E-state index in [-0.39, 0.29) is 0 Å². The maximum atomic E-state index is 5.43. The lowest BCUT2D eigenvalue weighted by atomic mass is 10.0. The van der Waals surface area contributed by atoms with Gasteiger partial charge in [0.25, 0.3) is 0 Å². The van der Waals surface area contributed by atoms with E-state index in [2.05, 4.69) is 16.0 Å². The van der Waals surface area contributed by atoms with Crippen LogP contribution in [0.5, 0.6) is 11.8 Å². The molecular formula is C14H16N2O2. The van der Waals surface area contributed by atoms with Crippen LogP contribution >= 0.6 is 0 Å². The highest BCUT2D eigenvalue weighted by Crippen LogP contribution is 2.33. The minimum absolute atomic E-state index is 0.356. The van der Waals surface area contributed by atoms with Crippen LogP contribution in [-0.4, -0.2) is 24.2 Å². The predicted molar refractivity (Wildman–Crippen MR) is 70.0 cm³/mol. The molecule has 18 heavy (non-hydrogen) atoms. The largest absolute Gasteiger partial charge is 0.496 e. The normalized spacial score (nSPS) is 10.2. The number of ether oxygens (including phenoxy) is 2. The quantitative estimate of drug-likeness (QED) is 0.832. The Labute approximate surface area is 107 Å². The first kappa shape index (κ1) is 12.4. The van der Waals surface area contributed by atoms with Gasteiger partial charge in [-0.2, -0.15) is 4.98 Å². The summed E-state index contributed by atoms with van der Waals surface area (Å²) in [6.45, 7) is 4.08. The molecule has 1 aromatic carbocycles. The Morgan fingerprint density at radius 1 is 1.06 bits per heavy atom. The molecule has 0 atom stereocenters. The first-order valence-electron chi connectivity index (χ1n) is 5.68. The number of hydrogen-bond acceptors (Lipinski definition) is 4. The molecule has 0 saturated carbocycles. The molecule has 0 radical (unpaired) electrons. The fourth-order valence-corrected chi connectivity index (χ4v) is 2.00. The number of nitrogens with zero attached hydrogens (tertiary/aromatic N) is 2. The van der Waals surface area contributed by atoms with Crippen molar-refractivity contribution in [3.8, 4) is 23.0 Å². The van der Waals surface area contributed by atoms with Gasteiger partial charge in [-0.25, -0.2) is 4.98 Å². The molecule has 0 aliphatic rings. The number of hydrogen-bond donors (Lipinski definition) is 0. The summed E-state index contributed by atoms with van der Waals surface area (Å²) in [4.78, 5) is 8.36. The molecule has 0 N–H and O–H groups in total. The minimum atomic E-state index is 0.356. The fraction of sp³-hybridized carbons (Fsp3) is 0.286. The van der Waals surface area contributed by atoms with Gasteiger partial charge in [-0.1, -0.05) is 6.07 Å². The fourth-order valence-electron chi connectivity index (χ4n) is 2.00. The maximum absolute atomic E-state index is 5.43. The number of methoxy groups -OCH3 is 2. The van der Waals surface area contributed by atoms with Gasteiger partial charge in [0.1, 0.15) is 5.75 Å². The van der Waals surface area contributed by atoms with Gasteiger partial charge >= 0.3 is 6.01 Å². The van der Waals surface area contributed by atoms with Crippen LogP contribution in [-0.2, 0) is 0 Å². The summed E-state index contributed by atoms with van der Waals surface area (Å²) < 4.78 is 10.5. The number of aryl methyl sites for hydroxylation is 2. The van der Waals surface area contributed by atoms with Crippen molar-refractivity contribution in [2.24, 2.45) is 0 Å². The third-order valence-corrected chi connectivity index (χ3v) is 2.74. The molecule has 1 aromatic heterocycles. The topological polar surface area (TPSA) is 44.2 Å². The third-order valence-electron chi connectivity index (χ3n) is 2.74. The van der Waals surface area contributed by atoms with Crippen LogP contribution in [0.1, 0.15) is 11.1 Å². The Hall–Kier alpha value is -2.10. The van der Waals surface area contributed by atoms with Gasteiger partial charge in [0.05, 0.1) is 19.9 Å². The highest BCUT2D eigenvalue weighted by molar-refractivity contribution is 5.71. The average Bonchev–Trinajstić information content (AvgIpc) is 2.37. The molecule has 2 aromatic rings. The zero-order chi connectivity index (χ0) is 13.1. The van der Waals surface area contributed by atoms with Crippen molar-refractivity contribution >= 4 is 0 Å². The predicted octanol–water partition coefficient (Wildman–Crippen LogP) is 2.78. The van der Waals surface area contributed by atoms with Crippen LogP contribution in [0.15, 0.2) is 24.4 Å². The smallest absolute Gasteiger partial charge is 0.316 e. The summed E-state index contributed by atoms with van der Waals surface area (Å²) in [6, 6.07) is 6.31. The third kappa shape index (κ3) is 2.27. The zero-order valence-electron chi connectivity index (χ0n) is 11.0. The average molecular weight is 244 g/mol. The van der Waals surface area contributed by atoms with Crippen molar-refractivity contribution in [2.75, 3.05) is 14.2 Å². The monoisotopic (exact) mass is 244 g/mol. The van der Waals surface area contributed by atoms with Crippen LogP contribution in [0.4, 0.5) is 0 Å². The lowest BCUT2D eigenvalue weighted by molar-refractivity contribution is 0.380. The second kappa shape index (κ2) is 5.04. The van der Waals surface area contributed by atoms with Gasteiger partial charge in [0.15, 0.2) is 0 Å². The summed E-state index contributed by atoms with van der Waals surface area (Å²) in [5, 5.41) is 0. The molecule has 0 spiro atoms. The zero-order valence-corrected chi connectivity index (χ0v) is 11.0. The maximum Gasteiger partial charge on any atom is 0.316 e. The molecule has 2 rings (SSSR count). The van der Waals surface area contributed by atoms with Crippen LogP contribution in [0.2, 0.25) is 0 Å². The van der Waals surface area contributed by atoms with E-state index in [1.807, 2.05) is 26.0 Å². The minimum Gasteiger partial charge on any atom is -0.496 e. The van der Waals surface area contributed by atoms with Crippen LogP contribution < -0.4 is 9.47 Å².